The molecule has 0 bridgehead atoms. The molecule has 2 rings (SSSR count). The van der Waals surface area contributed by atoms with E-state index >= 15 is 0 Å². The summed E-state index contributed by atoms with van der Waals surface area (Å²) in [6.45, 7) is 0. The van der Waals surface area contributed by atoms with E-state index < -0.39 is 0 Å². The van der Waals surface area contributed by atoms with Gasteiger partial charge in [0.15, 0.2) is 0 Å². The van der Waals surface area contributed by atoms with E-state index in [1.807, 2.05) is 41.3 Å². The van der Waals surface area contributed by atoms with Crippen LogP contribution in [0.15, 0.2) is 53.5 Å². The Hall–Kier alpha value is -1.57. The Morgan fingerprint density at radius 2 is 1.81 bits per heavy atom. The Kier molecular flexibility index (Phi) is 6.00. The van der Waals surface area contributed by atoms with Gasteiger partial charge in [-0.1, -0.05) is 36.4 Å². The molecule has 1 aromatic heterocycles. The molecular weight excluding hydrogens is 267 g/mol. The van der Waals surface area contributed by atoms with E-state index in [1.54, 1.807) is 12.1 Å². The molecule has 0 saturated carbocycles. The van der Waals surface area contributed by atoms with Crippen molar-refractivity contribution in [3.63, 3.8) is 0 Å². The second kappa shape index (κ2) is 7.69. The number of benzene rings is 1. The van der Waals surface area contributed by atoms with Crippen LogP contribution in [0.2, 0.25) is 0 Å². The topological polar surface area (TPSA) is 37.3 Å². The Labute approximate surface area is 101 Å². The molecule has 0 amide bonds. The molecule has 0 aliphatic carbocycles. The fraction of sp³-hybridized carbons (Fsp3) is 0. The Morgan fingerprint density at radius 1 is 1.06 bits per heavy atom. The van der Waals surface area contributed by atoms with Gasteiger partial charge in [-0.25, -0.2) is 0 Å². The quantitative estimate of drug-likeness (QED) is 0.520. The molecule has 1 aromatic carbocycles. The normalized spacial score (nSPS) is 9.50. The summed E-state index contributed by atoms with van der Waals surface area (Å²) in [5.74, 6) is 0. The first-order valence-corrected chi connectivity index (χ1v) is 6.57. The predicted octanol–water partition coefficient (Wildman–Crippen LogP) is 2.35. The predicted molar refractivity (Wildman–Crippen MR) is 66.6 cm³/mol. The van der Waals surface area contributed by atoms with Crippen LogP contribution in [-0.2, 0) is 4.79 Å². The van der Waals surface area contributed by atoms with Crippen molar-refractivity contribution in [2.45, 2.75) is 0 Å². The van der Waals surface area contributed by atoms with Crippen LogP contribution >= 0.6 is 0 Å². The summed E-state index contributed by atoms with van der Waals surface area (Å²) in [6.07, 6.45) is 4.02. The van der Waals surface area contributed by atoms with Gasteiger partial charge < -0.3 is 0 Å². The molecular formula is C13H12O2Se. The average Bonchev–Trinajstić information content (AvgIpc) is 2.80. The summed E-state index contributed by atoms with van der Waals surface area (Å²) in [5.41, 5.74) is 1.05. The molecule has 0 saturated heterocycles. The molecule has 1 heterocycles. The molecule has 0 spiro atoms. The molecule has 82 valence electrons. The second-order valence-corrected chi connectivity index (χ2v) is 4.80. The number of aromatic hydroxyl groups is 1. The minimum atomic E-state index is 0.264. The Morgan fingerprint density at radius 3 is 2.25 bits per heavy atom. The zero-order chi connectivity index (χ0) is 11.6. The molecule has 0 unspecified atom stereocenters. The van der Waals surface area contributed by atoms with Crippen molar-refractivity contribution in [1.29, 1.82) is 0 Å². The first-order valence-electron chi connectivity index (χ1n) is 4.72. The Balaban J connectivity index is 0.000000181. The number of allylic oxidation sites excluding steroid dienone is 1. The maximum atomic E-state index is 9.89. The summed E-state index contributed by atoms with van der Waals surface area (Å²) in [7, 11) is 0. The van der Waals surface area contributed by atoms with Gasteiger partial charge in [0.2, 0.25) is 0 Å². The number of rotatable bonds is 2. The van der Waals surface area contributed by atoms with Gasteiger partial charge in [0.25, 0.3) is 0 Å². The van der Waals surface area contributed by atoms with Crippen molar-refractivity contribution < 1.29 is 9.90 Å². The van der Waals surface area contributed by atoms with Gasteiger partial charge in [-0.15, -0.1) is 0 Å². The third kappa shape index (κ3) is 5.34. The van der Waals surface area contributed by atoms with Gasteiger partial charge in [-0.05, 0) is 11.6 Å². The van der Waals surface area contributed by atoms with Crippen LogP contribution in [0.5, 0.6) is 4.62 Å². The molecule has 3 heteroatoms. The SMILES string of the molecule is O=CC=Cc1ccccc1.Oc1ccc[se]1. The average molecular weight is 279 g/mol. The summed E-state index contributed by atoms with van der Waals surface area (Å²) >= 11 is 0.264. The van der Waals surface area contributed by atoms with Crippen LogP contribution in [0, 0.1) is 0 Å². The molecule has 0 atom stereocenters. The first kappa shape index (κ1) is 12.5. The maximum absolute atomic E-state index is 9.89. The first-order chi connectivity index (χ1) is 7.83. The van der Waals surface area contributed by atoms with Gasteiger partial charge in [-0.2, -0.15) is 0 Å². The van der Waals surface area contributed by atoms with Crippen LogP contribution in [0.25, 0.3) is 6.08 Å². The van der Waals surface area contributed by atoms with Crippen molar-refractivity contribution in [2.75, 3.05) is 0 Å². The third-order valence-electron chi connectivity index (χ3n) is 1.67. The number of hydrogen-bond acceptors (Lipinski definition) is 2. The van der Waals surface area contributed by atoms with E-state index in [0.29, 0.717) is 4.62 Å². The summed E-state index contributed by atoms with van der Waals surface area (Å²) in [6, 6.07) is 13.3. The van der Waals surface area contributed by atoms with Gasteiger partial charge in [-0.3, -0.25) is 4.79 Å². The van der Waals surface area contributed by atoms with Gasteiger partial charge >= 0.3 is 41.3 Å². The minimum absolute atomic E-state index is 0.264. The van der Waals surface area contributed by atoms with Crippen LogP contribution in [0.3, 0.4) is 0 Å². The molecule has 0 aliphatic rings. The van der Waals surface area contributed by atoms with E-state index in [9.17, 15) is 4.79 Å². The molecule has 1 N–H and O–H groups in total. The van der Waals surface area contributed by atoms with Crippen LogP contribution in [0.4, 0.5) is 0 Å². The van der Waals surface area contributed by atoms with Crippen molar-refractivity contribution >= 4 is 26.9 Å². The van der Waals surface area contributed by atoms with E-state index in [4.69, 9.17) is 5.11 Å². The molecule has 0 aliphatic heterocycles. The van der Waals surface area contributed by atoms with Gasteiger partial charge in [0, 0.05) is 0 Å². The number of carbonyl (C=O) groups is 1. The summed E-state index contributed by atoms with van der Waals surface area (Å²) in [4.78, 5) is 11.9. The van der Waals surface area contributed by atoms with E-state index in [1.165, 1.54) is 6.08 Å². The summed E-state index contributed by atoms with van der Waals surface area (Å²) in [5, 5.41) is 8.56. The number of hydrogen-bond donors (Lipinski definition) is 1. The van der Waals surface area contributed by atoms with Gasteiger partial charge in [0.05, 0.1) is 0 Å². The number of aldehydes is 1. The fourth-order valence-electron chi connectivity index (χ4n) is 0.984. The monoisotopic (exact) mass is 280 g/mol. The zero-order valence-corrected chi connectivity index (χ0v) is 10.3. The fourth-order valence-corrected chi connectivity index (χ4v) is 1.94. The molecule has 0 fully saturated rings. The van der Waals surface area contributed by atoms with Crippen molar-refractivity contribution in [3.05, 3.63) is 59.0 Å². The molecule has 0 radical (unpaired) electrons. The zero-order valence-electron chi connectivity index (χ0n) is 8.61. The molecule has 2 nitrogen and oxygen atoms in total. The molecule has 16 heavy (non-hydrogen) atoms. The van der Waals surface area contributed by atoms with Crippen LogP contribution in [0.1, 0.15) is 5.56 Å². The van der Waals surface area contributed by atoms with Crippen LogP contribution in [-0.4, -0.2) is 25.9 Å². The van der Waals surface area contributed by atoms with Crippen molar-refractivity contribution in [3.8, 4) is 4.62 Å². The van der Waals surface area contributed by atoms with E-state index in [2.05, 4.69) is 0 Å². The van der Waals surface area contributed by atoms with Crippen molar-refractivity contribution in [2.24, 2.45) is 0 Å². The standard InChI is InChI=1S/C9H8O.C4H4OSe/c10-8-4-7-9-5-2-1-3-6-9;5-4-2-1-3-6-4/h1-8H;1-3,5H. The van der Waals surface area contributed by atoms with E-state index in [0.717, 1.165) is 11.8 Å². The van der Waals surface area contributed by atoms with E-state index in [-0.39, 0.29) is 14.5 Å². The van der Waals surface area contributed by atoms with Crippen molar-refractivity contribution in [1.82, 2.24) is 0 Å². The van der Waals surface area contributed by atoms with Crippen LogP contribution < -0.4 is 0 Å². The third-order valence-corrected chi connectivity index (χ3v) is 3.08. The number of carbonyl (C=O) groups excluding carboxylic acids is 1. The Bertz CT molecular complexity index is 418. The summed E-state index contributed by atoms with van der Waals surface area (Å²) < 4.78 is 0.530. The van der Waals surface area contributed by atoms with Gasteiger partial charge in [0.1, 0.15) is 6.29 Å². The second-order valence-electron chi connectivity index (χ2n) is 2.86. The molecule has 2 aromatic rings.